The standard InChI is InChI=1S/C12H19ClN4/c1-2-17-4-3-9(8-17)6-15-12-11(13)5-10(14)7-16-12/h5,7,9H,2-4,6,8,14H2,1H3,(H,15,16). The Labute approximate surface area is 107 Å². The van der Waals surface area contributed by atoms with Gasteiger partial charge in [0.25, 0.3) is 0 Å². The van der Waals surface area contributed by atoms with E-state index in [1.54, 1.807) is 12.3 Å². The van der Waals surface area contributed by atoms with Crippen LogP contribution in [0.1, 0.15) is 13.3 Å². The van der Waals surface area contributed by atoms with Crippen LogP contribution in [0, 0.1) is 5.92 Å². The molecule has 17 heavy (non-hydrogen) atoms. The van der Waals surface area contributed by atoms with Gasteiger partial charge in [0, 0.05) is 13.1 Å². The Balaban J connectivity index is 1.86. The summed E-state index contributed by atoms with van der Waals surface area (Å²) in [5.74, 6) is 1.42. The molecular formula is C12H19ClN4. The summed E-state index contributed by atoms with van der Waals surface area (Å²) >= 11 is 6.06. The summed E-state index contributed by atoms with van der Waals surface area (Å²) in [5.41, 5.74) is 6.20. The number of likely N-dealkylation sites (tertiary alicyclic amines) is 1. The van der Waals surface area contributed by atoms with Gasteiger partial charge in [-0.15, -0.1) is 0 Å². The number of halogens is 1. The highest BCUT2D eigenvalue weighted by Crippen LogP contribution is 2.22. The van der Waals surface area contributed by atoms with Gasteiger partial charge in [0.05, 0.1) is 16.9 Å². The van der Waals surface area contributed by atoms with Crippen LogP contribution in [0.4, 0.5) is 11.5 Å². The van der Waals surface area contributed by atoms with Crippen LogP contribution < -0.4 is 11.1 Å². The van der Waals surface area contributed by atoms with E-state index in [9.17, 15) is 0 Å². The van der Waals surface area contributed by atoms with Crippen molar-refractivity contribution in [1.82, 2.24) is 9.88 Å². The molecule has 2 heterocycles. The molecule has 1 atom stereocenters. The van der Waals surface area contributed by atoms with Gasteiger partial charge in [-0.2, -0.15) is 0 Å². The molecule has 5 heteroatoms. The van der Waals surface area contributed by atoms with Crippen molar-refractivity contribution in [2.75, 3.05) is 37.2 Å². The highest BCUT2D eigenvalue weighted by molar-refractivity contribution is 6.33. The van der Waals surface area contributed by atoms with Crippen molar-refractivity contribution < 1.29 is 0 Å². The molecule has 0 aromatic carbocycles. The second kappa shape index (κ2) is 5.56. The first-order valence-electron chi connectivity index (χ1n) is 6.06. The van der Waals surface area contributed by atoms with Crippen LogP contribution in [0.3, 0.4) is 0 Å². The Morgan fingerprint density at radius 2 is 2.47 bits per heavy atom. The zero-order chi connectivity index (χ0) is 12.3. The summed E-state index contributed by atoms with van der Waals surface area (Å²) in [4.78, 5) is 6.66. The number of hydrogen-bond donors (Lipinski definition) is 2. The molecule has 3 N–H and O–H groups in total. The molecule has 0 radical (unpaired) electrons. The summed E-state index contributed by atoms with van der Waals surface area (Å²) in [5, 5.41) is 3.89. The maximum Gasteiger partial charge on any atom is 0.144 e. The van der Waals surface area contributed by atoms with Gasteiger partial charge >= 0.3 is 0 Å². The Kier molecular flexibility index (Phi) is 4.07. The number of rotatable bonds is 4. The van der Waals surface area contributed by atoms with E-state index in [4.69, 9.17) is 17.3 Å². The van der Waals surface area contributed by atoms with Crippen LogP contribution in [0.5, 0.6) is 0 Å². The molecule has 1 aromatic rings. The van der Waals surface area contributed by atoms with E-state index < -0.39 is 0 Å². The fraction of sp³-hybridized carbons (Fsp3) is 0.583. The highest BCUT2D eigenvalue weighted by Gasteiger charge is 2.20. The van der Waals surface area contributed by atoms with Crippen molar-refractivity contribution in [1.29, 1.82) is 0 Å². The molecule has 0 saturated carbocycles. The SMILES string of the molecule is CCN1CCC(CNc2ncc(N)cc2Cl)C1. The Morgan fingerprint density at radius 1 is 1.65 bits per heavy atom. The number of hydrogen-bond acceptors (Lipinski definition) is 4. The maximum atomic E-state index is 6.06. The predicted octanol–water partition coefficient (Wildman–Crippen LogP) is 2.07. The topological polar surface area (TPSA) is 54.2 Å². The summed E-state index contributed by atoms with van der Waals surface area (Å²) in [6, 6.07) is 1.73. The van der Waals surface area contributed by atoms with Crippen LogP contribution in [-0.4, -0.2) is 36.1 Å². The van der Waals surface area contributed by atoms with E-state index in [-0.39, 0.29) is 0 Å². The molecule has 94 valence electrons. The van der Waals surface area contributed by atoms with Crippen molar-refractivity contribution in [2.45, 2.75) is 13.3 Å². The van der Waals surface area contributed by atoms with Crippen molar-refractivity contribution in [3.05, 3.63) is 17.3 Å². The first-order chi connectivity index (χ1) is 8.19. The largest absolute Gasteiger partial charge is 0.397 e. The van der Waals surface area contributed by atoms with Crippen molar-refractivity contribution >= 4 is 23.1 Å². The third-order valence-electron chi connectivity index (χ3n) is 3.24. The molecule has 1 aliphatic rings. The lowest BCUT2D eigenvalue weighted by molar-refractivity contribution is 0.345. The molecule has 1 fully saturated rings. The van der Waals surface area contributed by atoms with E-state index in [0.29, 0.717) is 16.6 Å². The first kappa shape index (κ1) is 12.5. The zero-order valence-electron chi connectivity index (χ0n) is 10.1. The van der Waals surface area contributed by atoms with Crippen molar-refractivity contribution in [3.63, 3.8) is 0 Å². The van der Waals surface area contributed by atoms with Gasteiger partial charge in [-0.25, -0.2) is 4.98 Å². The van der Waals surface area contributed by atoms with Crippen molar-refractivity contribution in [2.24, 2.45) is 5.92 Å². The van der Waals surface area contributed by atoms with E-state index in [1.807, 2.05) is 0 Å². The van der Waals surface area contributed by atoms with E-state index in [2.05, 4.69) is 22.1 Å². The van der Waals surface area contributed by atoms with E-state index in [0.717, 1.165) is 25.5 Å². The van der Waals surface area contributed by atoms with Crippen LogP contribution in [0.25, 0.3) is 0 Å². The number of anilines is 2. The number of nitrogens with one attached hydrogen (secondary N) is 1. The van der Waals surface area contributed by atoms with Gasteiger partial charge in [-0.1, -0.05) is 18.5 Å². The number of nitrogens with two attached hydrogens (primary N) is 1. The Bertz CT molecular complexity index is 383. The van der Waals surface area contributed by atoms with Crippen LogP contribution in [-0.2, 0) is 0 Å². The van der Waals surface area contributed by atoms with Gasteiger partial charge < -0.3 is 16.0 Å². The summed E-state index contributed by atoms with van der Waals surface area (Å²) in [6.07, 6.45) is 2.87. The first-order valence-corrected chi connectivity index (χ1v) is 6.44. The molecule has 4 nitrogen and oxygen atoms in total. The number of pyridine rings is 1. The summed E-state index contributed by atoms with van der Waals surface area (Å²) < 4.78 is 0. The van der Waals surface area contributed by atoms with Gasteiger partial charge in [-0.3, -0.25) is 0 Å². The van der Waals surface area contributed by atoms with Crippen LogP contribution in [0.15, 0.2) is 12.3 Å². The average Bonchev–Trinajstić information content (AvgIpc) is 2.76. The van der Waals surface area contributed by atoms with E-state index in [1.165, 1.54) is 13.0 Å². The lowest BCUT2D eigenvalue weighted by Gasteiger charge is -2.14. The van der Waals surface area contributed by atoms with Gasteiger partial charge in [-0.05, 0) is 31.5 Å². The summed E-state index contributed by atoms with van der Waals surface area (Å²) in [7, 11) is 0. The van der Waals surface area contributed by atoms with E-state index >= 15 is 0 Å². The average molecular weight is 255 g/mol. The zero-order valence-corrected chi connectivity index (χ0v) is 10.9. The van der Waals surface area contributed by atoms with Gasteiger partial charge in [0.1, 0.15) is 5.82 Å². The predicted molar refractivity (Wildman–Crippen MR) is 72.4 cm³/mol. The molecular weight excluding hydrogens is 236 g/mol. The number of aromatic nitrogens is 1. The molecule has 0 amide bonds. The molecule has 2 rings (SSSR count). The second-order valence-electron chi connectivity index (χ2n) is 4.53. The molecule has 1 unspecified atom stereocenters. The molecule has 0 bridgehead atoms. The van der Waals surface area contributed by atoms with Crippen molar-refractivity contribution in [3.8, 4) is 0 Å². The summed E-state index contributed by atoms with van der Waals surface area (Å²) in [6.45, 7) is 6.63. The van der Waals surface area contributed by atoms with Crippen LogP contribution >= 0.6 is 11.6 Å². The third-order valence-corrected chi connectivity index (χ3v) is 3.53. The third kappa shape index (κ3) is 3.23. The number of nitrogens with zero attached hydrogens (tertiary/aromatic N) is 2. The molecule has 1 saturated heterocycles. The smallest absolute Gasteiger partial charge is 0.144 e. The fourth-order valence-electron chi connectivity index (χ4n) is 2.19. The monoisotopic (exact) mass is 254 g/mol. The molecule has 0 aliphatic carbocycles. The molecule has 0 spiro atoms. The molecule has 1 aliphatic heterocycles. The maximum absolute atomic E-state index is 6.06. The minimum Gasteiger partial charge on any atom is -0.397 e. The highest BCUT2D eigenvalue weighted by atomic mass is 35.5. The fourth-order valence-corrected chi connectivity index (χ4v) is 2.43. The van der Waals surface area contributed by atoms with Gasteiger partial charge in [0.2, 0.25) is 0 Å². The van der Waals surface area contributed by atoms with Crippen LogP contribution in [0.2, 0.25) is 5.02 Å². The lowest BCUT2D eigenvalue weighted by Crippen LogP contribution is -2.22. The van der Waals surface area contributed by atoms with Gasteiger partial charge in [0.15, 0.2) is 0 Å². The number of nitrogen functional groups attached to an aromatic ring is 1. The quantitative estimate of drug-likeness (QED) is 0.864. The lowest BCUT2D eigenvalue weighted by atomic mass is 10.1. The minimum atomic E-state index is 0.593. The minimum absolute atomic E-state index is 0.593. The Morgan fingerprint density at radius 3 is 3.12 bits per heavy atom. The normalized spacial score (nSPS) is 20.7. The molecule has 1 aromatic heterocycles. The Hall–Kier alpha value is -1.00. The second-order valence-corrected chi connectivity index (χ2v) is 4.94.